The Labute approximate surface area is 94.9 Å². The number of carbonyl (C=O) groups excluding carboxylic acids is 2. The summed E-state index contributed by atoms with van der Waals surface area (Å²) >= 11 is 0. The second kappa shape index (κ2) is 4.41. The SMILES string of the molecule is CC1(NC(=O)C2CCC(=O)NC2)CCOC1. The van der Waals surface area contributed by atoms with E-state index in [4.69, 9.17) is 4.74 Å². The van der Waals surface area contributed by atoms with Gasteiger partial charge in [0.2, 0.25) is 11.8 Å². The summed E-state index contributed by atoms with van der Waals surface area (Å²) in [6.07, 6.45) is 1.96. The Morgan fingerprint density at radius 2 is 2.44 bits per heavy atom. The van der Waals surface area contributed by atoms with Crippen LogP contribution in [0.5, 0.6) is 0 Å². The Morgan fingerprint density at radius 1 is 1.62 bits per heavy atom. The maximum Gasteiger partial charge on any atom is 0.225 e. The van der Waals surface area contributed by atoms with Crippen molar-refractivity contribution in [1.82, 2.24) is 10.6 Å². The van der Waals surface area contributed by atoms with Crippen LogP contribution in [0.1, 0.15) is 26.2 Å². The van der Waals surface area contributed by atoms with Gasteiger partial charge in [-0.05, 0) is 19.8 Å². The molecule has 5 heteroatoms. The Morgan fingerprint density at radius 3 is 3.00 bits per heavy atom. The molecule has 0 aromatic rings. The third kappa shape index (κ3) is 2.52. The number of carbonyl (C=O) groups is 2. The first-order valence-corrected chi connectivity index (χ1v) is 5.75. The lowest BCUT2D eigenvalue weighted by atomic mass is 9.95. The minimum atomic E-state index is -0.224. The summed E-state index contributed by atoms with van der Waals surface area (Å²) in [5.41, 5.74) is -0.224. The van der Waals surface area contributed by atoms with Crippen molar-refractivity contribution in [1.29, 1.82) is 0 Å². The molecule has 0 spiro atoms. The van der Waals surface area contributed by atoms with Crippen LogP contribution in [0.4, 0.5) is 0 Å². The molecular weight excluding hydrogens is 208 g/mol. The van der Waals surface area contributed by atoms with Crippen molar-refractivity contribution in [3.05, 3.63) is 0 Å². The Bertz CT molecular complexity index is 288. The number of nitrogens with one attached hydrogen (secondary N) is 2. The second-order valence-electron chi connectivity index (χ2n) is 4.89. The van der Waals surface area contributed by atoms with Crippen LogP contribution in [0, 0.1) is 5.92 Å². The summed E-state index contributed by atoms with van der Waals surface area (Å²) in [7, 11) is 0. The van der Waals surface area contributed by atoms with E-state index in [-0.39, 0.29) is 23.3 Å². The zero-order chi connectivity index (χ0) is 11.6. The molecule has 2 aliphatic rings. The van der Waals surface area contributed by atoms with Crippen LogP contribution in [0.2, 0.25) is 0 Å². The second-order valence-corrected chi connectivity index (χ2v) is 4.89. The third-order valence-corrected chi connectivity index (χ3v) is 3.28. The third-order valence-electron chi connectivity index (χ3n) is 3.28. The van der Waals surface area contributed by atoms with Gasteiger partial charge in [0.25, 0.3) is 0 Å². The summed E-state index contributed by atoms with van der Waals surface area (Å²) in [4.78, 5) is 22.9. The molecule has 2 saturated heterocycles. The monoisotopic (exact) mass is 226 g/mol. The molecule has 2 fully saturated rings. The highest BCUT2D eigenvalue weighted by molar-refractivity contribution is 5.84. The van der Waals surface area contributed by atoms with E-state index in [0.717, 1.165) is 6.42 Å². The van der Waals surface area contributed by atoms with Gasteiger partial charge in [0.05, 0.1) is 18.1 Å². The minimum Gasteiger partial charge on any atom is -0.379 e. The Balaban J connectivity index is 1.85. The highest BCUT2D eigenvalue weighted by Crippen LogP contribution is 2.19. The lowest BCUT2D eigenvalue weighted by Gasteiger charge is -2.28. The first-order valence-electron chi connectivity index (χ1n) is 5.75. The Hall–Kier alpha value is -1.10. The maximum atomic E-state index is 11.9. The number of rotatable bonds is 2. The molecule has 5 nitrogen and oxygen atoms in total. The standard InChI is InChI=1S/C11H18N2O3/c1-11(4-5-16-7-11)13-10(15)8-2-3-9(14)12-6-8/h8H,2-7H2,1H3,(H,12,14)(H,13,15). The van der Waals surface area contributed by atoms with Gasteiger partial charge in [0.15, 0.2) is 0 Å². The summed E-state index contributed by atoms with van der Waals surface area (Å²) in [5, 5.41) is 5.74. The van der Waals surface area contributed by atoms with E-state index in [2.05, 4.69) is 10.6 Å². The van der Waals surface area contributed by atoms with Gasteiger partial charge in [-0.2, -0.15) is 0 Å². The van der Waals surface area contributed by atoms with E-state index in [1.165, 1.54) is 0 Å². The fourth-order valence-electron chi connectivity index (χ4n) is 2.12. The summed E-state index contributed by atoms with van der Waals surface area (Å²) in [6, 6.07) is 0. The Kier molecular flexibility index (Phi) is 3.14. The van der Waals surface area contributed by atoms with Gasteiger partial charge in [-0.25, -0.2) is 0 Å². The number of ether oxygens (including phenoxy) is 1. The first-order chi connectivity index (χ1) is 7.59. The molecule has 0 saturated carbocycles. The van der Waals surface area contributed by atoms with Crippen LogP contribution in [0.25, 0.3) is 0 Å². The topological polar surface area (TPSA) is 67.4 Å². The molecule has 16 heavy (non-hydrogen) atoms. The predicted octanol–water partition coefficient (Wildman–Crippen LogP) is -0.192. The molecule has 2 rings (SSSR count). The van der Waals surface area contributed by atoms with Crippen molar-refractivity contribution in [2.24, 2.45) is 5.92 Å². The van der Waals surface area contributed by atoms with Crippen molar-refractivity contribution >= 4 is 11.8 Å². The molecule has 0 aromatic heterocycles. The van der Waals surface area contributed by atoms with Crippen molar-refractivity contribution in [3.8, 4) is 0 Å². The van der Waals surface area contributed by atoms with Crippen molar-refractivity contribution in [2.45, 2.75) is 31.7 Å². The number of hydrogen-bond acceptors (Lipinski definition) is 3. The van der Waals surface area contributed by atoms with Crippen LogP contribution < -0.4 is 10.6 Å². The molecule has 2 atom stereocenters. The predicted molar refractivity (Wildman–Crippen MR) is 57.7 cm³/mol. The largest absolute Gasteiger partial charge is 0.379 e. The van der Waals surface area contributed by atoms with Gasteiger partial charge in [0.1, 0.15) is 0 Å². The average molecular weight is 226 g/mol. The zero-order valence-electron chi connectivity index (χ0n) is 9.54. The van der Waals surface area contributed by atoms with E-state index >= 15 is 0 Å². The van der Waals surface area contributed by atoms with E-state index in [9.17, 15) is 9.59 Å². The number of amides is 2. The van der Waals surface area contributed by atoms with Gasteiger partial charge < -0.3 is 15.4 Å². The summed E-state index contributed by atoms with van der Waals surface area (Å²) in [5.74, 6) is -0.0115. The fraction of sp³-hybridized carbons (Fsp3) is 0.818. The van der Waals surface area contributed by atoms with Crippen molar-refractivity contribution in [2.75, 3.05) is 19.8 Å². The molecule has 0 radical (unpaired) electrons. The quantitative estimate of drug-likeness (QED) is 0.685. The normalized spacial score (nSPS) is 34.6. The van der Waals surface area contributed by atoms with Crippen LogP contribution in [0.3, 0.4) is 0 Å². The first kappa shape index (κ1) is 11.4. The highest BCUT2D eigenvalue weighted by atomic mass is 16.5. The zero-order valence-corrected chi connectivity index (χ0v) is 9.54. The van der Waals surface area contributed by atoms with E-state index in [1.807, 2.05) is 6.92 Å². The van der Waals surface area contributed by atoms with E-state index < -0.39 is 0 Å². The van der Waals surface area contributed by atoms with Gasteiger partial charge in [0, 0.05) is 19.6 Å². The molecule has 0 bridgehead atoms. The van der Waals surface area contributed by atoms with Crippen LogP contribution >= 0.6 is 0 Å². The summed E-state index contributed by atoms with van der Waals surface area (Å²) < 4.78 is 5.28. The highest BCUT2D eigenvalue weighted by Gasteiger charge is 2.34. The lowest BCUT2D eigenvalue weighted by molar-refractivity contribution is -0.130. The van der Waals surface area contributed by atoms with Gasteiger partial charge in [-0.15, -0.1) is 0 Å². The lowest BCUT2D eigenvalue weighted by Crippen LogP contribution is -2.51. The molecule has 2 aliphatic heterocycles. The van der Waals surface area contributed by atoms with Crippen LogP contribution in [-0.4, -0.2) is 37.1 Å². The fourth-order valence-corrected chi connectivity index (χ4v) is 2.12. The molecule has 0 aliphatic carbocycles. The van der Waals surface area contributed by atoms with E-state index in [1.54, 1.807) is 0 Å². The maximum absolute atomic E-state index is 11.9. The summed E-state index contributed by atoms with van der Waals surface area (Å²) in [6.45, 7) is 3.75. The smallest absolute Gasteiger partial charge is 0.225 e. The van der Waals surface area contributed by atoms with Crippen molar-refractivity contribution in [3.63, 3.8) is 0 Å². The van der Waals surface area contributed by atoms with E-state index in [0.29, 0.717) is 32.6 Å². The molecule has 2 N–H and O–H groups in total. The molecular formula is C11H18N2O3. The molecule has 2 heterocycles. The molecule has 0 aromatic carbocycles. The average Bonchev–Trinajstić information content (AvgIpc) is 2.65. The molecule has 90 valence electrons. The van der Waals surface area contributed by atoms with Gasteiger partial charge >= 0.3 is 0 Å². The van der Waals surface area contributed by atoms with Crippen LogP contribution in [-0.2, 0) is 14.3 Å². The van der Waals surface area contributed by atoms with Crippen molar-refractivity contribution < 1.29 is 14.3 Å². The van der Waals surface area contributed by atoms with Gasteiger partial charge in [-0.1, -0.05) is 0 Å². The van der Waals surface area contributed by atoms with Gasteiger partial charge in [-0.3, -0.25) is 9.59 Å². The molecule has 2 amide bonds. The number of hydrogen-bond donors (Lipinski definition) is 2. The van der Waals surface area contributed by atoms with Crippen LogP contribution in [0.15, 0.2) is 0 Å². The minimum absolute atomic E-state index is 0.0352. The number of piperidine rings is 1. The molecule has 2 unspecified atom stereocenters.